The molecule has 0 aliphatic heterocycles. The topological polar surface area (TPSA) is 17.1 Å². The monoisotopic (exact) mass is 312 g/mol. The standard InChI is InChI=1S/C15H18BrFO/c1-9-6-10(2)8-11(7-9)15(18)12-4-3-5-13(17)14(12)16/h3-5,9-11H,6-8H2,1-2H3. The Labute approximate surface area is 116 Å². The third-order valence-electron chi connectivity index (χ3n) is 3.77. The van der Waals surface area contributed by atoms with Crippen LogP contribution in [0.2, 0.25) is 0 Å². The van der Waals surface area contributed by atoms with Crippen molar-refractivity contribution in [1.82, 2.24) is 0 Å². The number of carbonyl (C=O) groups excluding carboxylic acids is 1. The van der Waals surface area contributed by atoms with Crippen LogP contribution in [0.25, 0.3) is 0 Å². The summed E-state index contributed by atoms with van der Waals surface area (Å²) in [6.45, 7) is 4.38. The molecular formula is C15H18BrFO. The summed E-state index contributed by atoms with van der Waals surface area (Å²) in [4.78, 5) is 12.5. The highest BCUT2D eigenvalue weighted by molar-refractivity contribution is 9.10. The molecule has 1 aromatic carbocycles. The van der Waals surface area contributed by atoms with Crippen molar-refractivity contribution in [2.24, 2.45) is 17.8 Å². The smallest absolute Gasteiger partial charge is 0.167 e. The fourth-order valence-corrected chi connectivity index (χ4v) is 3.53. The lowest BCUT2D eigenvalue weighted by atomic mass is 9.74. The first-order valence-corrected chi connectivity index (χ1v) is 7.26. The SMILES string of the molecule is CC1CC(C)CC(C(=O)c2cccc(F)c2Br)C1. The number of hydrogen-bond acceptors (Lipinski definition) is 1. The highest BCUT2D eigenvalue weighted by Crippen LogP contribution is 2.36. The van der Waals surface area contributed by atoms with Gasteiger partial charge in [-0.05, 0) is 53.1 Å². The van der Waals surface area contributed by atoms with Gasteiger partial charge in [-0.1, -0.05) is 26.0 Å². The molecule has 18 heavy (non-hydrogen) atoms. The molecule has 2 unspecified atom stereocenters. The highest BCUT2D eigenvalue weighted by Gasteiger charge is 2.30. The minimum atomic E-state index is -0.363. The molecule has 2 atom stereocenters. The molecule has 1 nitrogen and oxygen atoms in total. The van der Waals surface area contributed by atoms with Gasteiger partial charge in [0.25, 0.3) is 0 Å². The van der Waals surface area contributed by atoms with E-state index < -0.39 is 0 Å². The van der Waals surface area contributed by atoms with E-state index in [9.17, 15) is 9.18 Å². The van der Waals surface area contributed by atoms with E-state index in [1.165, 1.54) is 12.5 Å². The molecule has 0 heterocycles. The summed E-state index contributed by atoms with van der Waals surface area (Å²) in [5.41, 5.74) is 0.487. The van der Waals surface area contributed by atoms with E-state index in [0.29, 0.717) is 21.9 Å². The summed E-state index contributed by atoms with van der Waals surface area (Å²) in [6, 6.07) is 4.68. The van der Waals surface area contributed by atoms with E-state index >= 15 is 0 Å². The summed E-state index contributed by atoms with van der Waals surface area (Å²) in [6.07, 6.45) is 3.03. The Morgan fingerprint density at radius 3 is 2.44 bits per heavy atom. The number of Topliss-reactive ketones (excluding diaryl/α,β-unsaturated/α-hetero) is 1. The maximum Gasteiger partial charge on any atom is 0.167 e. The van der Waals surface area contributed by atoms with Crippen LogP contribution in [0.15, 0.2) is 22.7 Å². The number of halogens is 2. The Balaban J connectivity index is 2.23. The van der Waals surface area contributed by atoms with Gasteiger partial charge in [0.2, 0.25) is 0 Å². The molecule has 0 N–H and O–H groups in total. The first-order chi connectivity index (χ1) is 8.49. The van der Waals surface area contributed by atoms with E-state index in [1.54, 1.807) is 12.1 Å². The summed E-state index contributed by atoms with van der Waals surface area (Å²) < 4.78 is 13.8. The van der Waals surface area contributed by atoms with Gasteiger partial charge in [0, 0.05) is 11.5 Å². The second kappa shape index (κ2) is 5.52. The van der Waals surface area contributed by atoms with Crippen LogP contribution >= 0.6 is 15.9 Å². The van der Waals surface area contributed by atoms with Crippen LogP contribution in [0.5, 0.6) is 0 Å². The molecule has 0 bridgehead atoms. The fourth-order valence-electron chi connectivity index (χ4n) is 3.08. The quantitative estimate of drug-likeness (QED) is 0.714. The van der Waals surface area contributed by atoms with Crippen LogP contribution in [0.3, 0.4) is 0 Å². The lowest BCUT2D eigenvalue weighted by molar-refractivity contribution is 0.0835. The summed E-state index contributed by atoms with van der Waals surface area (Å²) in [5, 5.41) is 0. The summed E-state index contributed by atoms with van der Waals surface area (Å²) >= 11 is 3.18. The molecule has 0 radical (unpaired) electrons. The summed E-state index contributed by atoms with van der Waals surface area (Å²) in [5.74, 6) is 0.921. The van der Waals surface area contributed by atoms with Crippen LogP contribution in [0.4, 0.5) is 4.39 Å². The zero-order valence-electron chi connectivity index (χ0n) is 10.7. The van der Waals surface area contributed by atoms with Gasteiger partial charge in [0.05, 0.1) is 4.47 Å². The van der Waals surface area contributed by atoms with Crippen molar-refractivity contribution < 1.29 is 9.18 Å². The third-order valence-corrected chi connectivity index (χ3v) is 4.57. The fraction of sp³-hybridized carbons (Fsp3) is 0.533. The van der Waals surface area contributed by atoms with Crippen molar-refractivity contribution in [3.8, 4) is 0 Å². The average molecular weight is 313 g/mol. The molecule has 1 fully saturated rings. The molecule has 1 aromatic rings. The highest BCUT2D eigenvalue weighted by atomic mass is 79.9. The zero-order valence-corrected chi connectivity index (χ0v) is 12.3. The van der Waals surface area contributed by atoms with E-state index in [0.717, 1.165) is 12.8 Å². The zero-order chi connectivity index (χ0) is 13.3. The van der Waals surface area contributed by atoms with Crippen LogP contribution in [-0.4, -0.2) is 5.78 Å². The molecule has 1 aliphatic carbocycles. The molecule has 98 valence electrons. The third kappa shape index (κ3) is 2.82. The second-order valence-corrected chi connectivity index (χ2v) is 6.37. The average Bonchev–Trinajstić information content (AvgIpc) is 2.30. The normalized spacial score (nSPS) is 28.1. The minimum Gasteiger partial charge on any atom is -0.294 e. The first-order valence-electron chi connectivity index (χ1n) is 6.47. The molecule has 0 amide bonds. The van der Waals surface area contributed by atoms with Crippen molar-refractivity contribution in [3.63, 3.8) is 0 Å². The Morgan fingerprint density at radius 1 is 1.22 bits per heavy atom. The van der Waals surface area contributed by atoms with Gasteiger partial charge in [-0.2, -0.15) is 0 Å². The second-order valence-electron chi connectivity index (χ2n) is 5.58. The lowest BCUT2D eigenvalue weighted by Crippen LogP contribution is -2.26. The van der Waals surface area contributed by atoms with Gasteiger partial charge < -0.3 is 0 Å². The number of carbonyl (C=O) groups is 1. The van der Waals surface area contributed by atoms with Crippen LogP contribution < -0.4 is 0 Å². The maximum atomic E-state index is 13.5. The Hall–Kier alpha value is -0.700. The molecule has 1 saturated carbocycles. The number of benzene rings is 1. The van der Waals surface area contributed by atoms with Crippen LogP contribution in [0, 0.1) is 23.6 Å². The first kappa shape index (κ1) is 13.7. The van der Waals surface area contributed by atoms with Gasteiger partial charge in [-0.25, -0.2) is 4.39 Å². The van der Waals surface area contributed by atoms with E-state index in [2.05, 4.69) is 29.8 Å². The largest absolute Gasteiger partial charge is 0.294 e. The molecular weight excluding hydrogens is 295 g/mol. The van der Waals surface area contributed by atoms with Crippen LogP contribution in [-0.2, 0) is 0 Å². The lowest BCUT2D eigenvalue weighted by Gasteiger charge is -2.30. The predicted molar refractivity (Wildman–Crippen MR) is 74.1 cm³/mol. The molecule has 0 aromatic heterocycles. The number of hydrogen-bond donors (Lipinski definition) is 0. The minimum absolute atomic E-state index is 0.0434. The Bertz CT molecular complexity index is 448. The van der Waals surface area contributed by atoms with E-state index in [-0.39, 0.29) is 17.5 Å². The summed E-state index contributed by atoms with van der Waals surface area (Å²) in [7, 11) is 0. The molecule has 0 spiro atoms. The van der Waals surface area contributed by atoms with Gasteiger partial charge in [-0.15, -0.1) is 0 Å². The Kier molecular flexibility index (Phi) is 4.21. The molecule has 2 rings (SSSR count). The van der Waals surface area contributed by atoms with Crippen molar-refractivity contribution in [1.29, 1.82) is 0 Å². The Morgan fingerprint density at radius 2 is 1.83 bits per heavy atom. The molecule has 0 saturated heterocycles. The van der Waals surface area contributed by atoms with Gasteiger partial charge in [0.15, 0.2) is 5.78 Å². The van der Waals surface area contributed by atoms with E-state index in [1.807, 2.05) is 0 Å². The van der Waals surface area contributed by atoms with Crippen LogP contribution in [0.1, 0.15) is 43.5 Å². The van der Waals surface area contributed by atoms with E-state index in [4.69, 9.17) is 0 Å². The molecule has 3 heteroatoms. The van der Waals surface area contributed by atoms with Crippen molar-refractivity contribution in [2.75, 3.05) is 0 Å². The van der Waals surface area contributed by atoms with Crippen molar-refractivity contribution in [2.45, 2.75) is 33.1 Å². The van der Waals surface area contributed by atoms with Crippen molar-refractivity contribution >= 4 is 21.7 Å². The maximum absolute atomic E-state index is 13.5. The predicted octanol–water partition coefficient (Wildman–Crippen LogP) is 4.84. The van der Waals surface area contributed by atoms with Gasteiger partial charge in [-0.3, -0.25) is 4.79 Å². The van der Waals surface area contributed by atoms with Gasteiger partial charge in [0.1, 0.15) is 5.82 Å². The van der Waals surface area contributed by atoms with Gasteiger partial charge >= 0.3 is 0 Å². The number of rotatable bonds is 2. The van der Waals surface area contributed by atoms with Crippen molar-refractivity contribution in [3.05, 3.63) is 34.1 Å². The number of ketones is 1. The molecule has 1 aliphatic rings.